The van der Waals surface area contributed by atoms with Crippen molar-refractivity contribution >= 4 is 0 Å². The fourth-order valence-corrected chi connectivity index (χ4v) is 4.67. The molecule has 1 fully saturated rings. The Morgan fingerprint density at radius 3 is 2.89 bits per heavy atom. The lowest BCUT2D eigenvalue weighted by Gasteiger charge is -2.40. The minimum Gasteiger partial charge on any atom is -0.316 e. The molecule has 0 spiro atoms. The normalized spacial score (nSPS) is 26.3. The number of pyridine rings is 1. The highest BCUT2D eigenvalue weighted by molar-refractivity contribution is 5.31. The number of fused-ring (bicyclic) bond motifs is 1. The number of aromatic nitrogens is 1. The van der Waals surface area contributed by atoms with Crippen LogP contribution in [0.5, 0.6) is 0 Å². The van der Waals surface area contributed by atoms with E-state index >= 15 is 0 Å². The van der Waals surface area contributed by atoms with Gasteiger partial charge in [0.25, 0.3) is 0 Å². The van der Waals surface area contributed by atoms with E-state index in [4.69, 9.17) is 4.98 Å². The molecule has 1 saturated carbocycles. The third-order valence-corrected chi connectivity index (χ3v) is 5.68. The molecule has 1 heterocycles. The van der Waals surface area contributed by atoms with Crippen molar-refractivity contribution in [2.24, 2.45) is 5.41 Å². The predicted molar refractivity (Wildman–Crippen MR) is 79.3 cm³/mol. The van der Waals surface area contributed by atoms with Crippen LogP contribution in [-0.4, -0.2) is 18.1 Å². The lowest BCUT2D eigenvalue weighted by molar-refractivity contribution is 0.166. The average Bonchev–Trinajstić information content (AvgIpc) is 3.08. The highest BCUT2D eigenvalue weighted by Crippen LogP contribution is 2.50. The van der Waals surface area contributed by atoms with Crippen molar-refractivity contribution in [1.29, 1.82) is 0 Å². The summed E-state index contributed by atoms with van der Waals surface area (Å²) in [7, 11) is 2.15. The molecule has 2 aliphatic rings. The highest BCUT2D eigenvalue weighted by atomic mass is 14.9. The Balaban J connectivity index is 1.91. The van der Waals surface area contributed by atoms with Crippen molar-refractivity contribution in [1.82, 2.24) is 10.3 Å². The lowest BCUT2D eigenvalue weighted by atomic mass is 9.70. The van der Waals surface area contributed by atoms with Gasteiger partial charge in [0.05, 0.1) is 0 Å². The molecule has 1 aromatic heterocycles. The molecule has 2 aliphatic carbocycles. The summed E-state index contributed by atoms with van der Waals surface area (Å²) in [5, 5.41) is 3.68. The van der Waals surface area contributed by atoms with Gasteiger partial charge in [0.1, 0.15) is 0 Å². The smallest absolute Gasteiger partial charge is 0.0482 e. The summed E-state index contributed by atoms with van der Waals surface area (Å²) < 4.78 is 0. The molecule has 2 unspecified atom stereocenters. The molecule has 0 aromatic carbocycles. The molecule has 104 valence electrons. The Hall–Kier alpha value is -0.890. The summed E-state index contributed by atoms with van der Waals surface area (Å²) in [5.74, 6) is 0.624. The Bertz CT molecular complexity index is 435. The Labute approximate surface area is 117 Å². The second-order valence-corrected chi connectivity index (χ2v) is 6.38. The molecule has 1 aromatic rings. The topological polar surface area (TPSA) is 24.9 Å². The van der Waals surface area contributed by atoms with E-state index in [1.165, 1.54) is 56.2 Å². The molecule has 0 radical (unpaired) electrons. The van der Waals surface area contributed by atoms with Gasteiger partial charge in [-0.05, 0) is 56.2 Å². The van der Waals surface area contributed by atoms with Crippen molar-refractivity contribution in [3.8, 4) is 0 Å². The maximum Gasteiger partial charge on any atom is 0.0482 e. The van der Waals surface area contributed by atoms with E-state index in [0.717, 1.165) is 0 Å². The zero-order chi connectivity index (χ0) is 13.3. The molecule has 0 aliphatic heterocycles. The molecule has 0 bridgehead atoms. The molecule has 0 saturated heterocycles. The number of likely N-dealkylation sites (N-methyl/N-ethyl adjacent to an activating group) is 1. The molecule has 2 heteroatoms. The molecule has 2 atom stereocenters. The standard InChI is InChI=1S/C17H26N2/c1-3-17(10-4-5-11-17)16(18-2)14-9-8-13-7-6-12-19-15(13)14/h6-7,12,14,16,18H,3-5,8-11H2,1-2H3. The van der Waals surface area contributed by atoms with E-state index in [0.29, 0.717) is 17.4 Å². The maximum atomic E-state index is 4.71. The number of hydrogen-bond acceptors (Lipinski definition) is 2. The number of nitrogens with zero attached hydrogens (tertiary/aromatic N) is 1. The number of rotatable bonds is 4. The molecule has 0 amide bonds. The maximum absolute atomic E-state index is 4.71. The van der Waals surface area contributed by atoms with E-state index in [9.17, 15) is 0 Å². The van der Waals surface area contributed by atoms with Crippen LogP contribution in [0.25, 0.3) is 0 Å². The predicted octanol–water partition coefficient (Wildman–Crippen LogP) is 3.67. The van der Waals surface area contributed by atoms with Crippen LogP contribution in [0.1, 0.15) is 62.6 Å². The van der Waals surface area contributed by atoms with Gasteiger partial charge in [0.2, 0.25) is 0 Å². The van der Waals surface area contributed by atoms with Gasteiger partial charge in [-0.1, -0.05) is 25.8 Å². The van der Waals surface area contributed by atoms with E-state index < -0.39 is 0 Å². The van der Waals surface area contributed by atoms with Crippen LogP contribution in [0, 0.1) is 5.41 Å². The monoisotopic (exact) mass is 258 g/mol. The van der Waals surface area contributed by atoms with Crippen LogP contribution in [0.3, 0.4) is 0 Å². The molecule has 1 N–H and O–H groups in total. The summed E-state index contributed by atoms with van der Waals surface area (Å²) in [6.45, 7) is 2.38. The first kappa shape index (κ1) is 13.1. The van der Waals surface area contributed by atoms with Gasteiger partial charge in [-0.2, -0.15) is 0 Å². The van der Waals surface area contributed by atoms with Gasteiger partial charge in [-0.3, -0.25) is 4.98 Å². The van der Waals surface area contributed by atoms with E-state index in [1.54, 1.807) is 0 Å². The first-order valence-corrected chi connectivity index (χ1v) is 7.92. The first-order chi connectivity index (χ1) is 9.30. The first-order valence-electron chi connectivity index (χ1n) is 7.92. The summed E-state index contributed by atoms with van der Waals surface area (Å²) in [6.07, 6.45) is 11.4. The van der Waals surface area contributed by atoms with Gasteiger partial charge in [-0.15, -0.1) is 0 Å². The molecule has 3 rings (SSSR count). The van der Waals surface area contributed by atoms with Crippen LogP contribution in [-0.2, 0) is 6.42 Å². The Morgan fingerprint density at radius 1 is 1.42 bits per heavy atom. The SMILES string of the molecule is CCC1(C(NC)C2CCc3cccnc32)CCCC1. The summed E-state index contributed by atoms with van der Waals surface area (Å²) in [5.41, 5.74) is 3.37. The summed E-state index contributed by atoms with van der Waals surface area (Å²) >= 11 is 0. The van der Waals surface area contributed by atoms with Crippen LogP contribution < -0.4 is 5.32 Å². The summed E-state index contributed by atoms with van der Waals surface area (Å²) in [6, 6.07) is 4.96. The third-order valence-electron chi connectivity index (χ3n) is 5.68. The zero-order valence-corrected chi connectivity index (χ0v) is 12.3. The van der Waals surface area contributed by atoms with Crippen LogP contribution >= 0.6 is 0 Å². The van der Waals surface area contributed by atoms with Gasteiger partial charge in [-0.25, -0.2) is 0 Å². The Morgan fingerprint density at radius 2 is 2.21 bits per heavy atom. The van der Waals surface area contributed by atoms with E-state index in [2.05, 4.69) is 31.4 Å². The Kier molecular flexibility index (Phi) is 3.62. The zero-order valence-electron chi connectivity index (χ0n) is 12.3. The van der Waals surface area contributed by atoms with Crippen molar-refractivity contribution in [2.75, 3.05) is 7.05 Å². The largest absolute Gasteiger partial charge is 0.316 e. The van der Waals surface area contributed by atoms with E-state index in [-0.39, 0.29) is 0 Å². The van der Waals surface area contributed by atoms with Gasteiger partial charge >= 0.3 is 0 Å². The van der Waals surface area contributed by atoms with Crippen molar-refractivity contribution < 1.29 is 0 Å². The highest BCUT2D eigenvalue weighted by Gasteiger charge is 2.45. The van der Waals surface area contributed by atoms with Gasteiger partial charge in [0.15, 0.2) is 0 Å². The minimum absolute atomic E-state index is 0.512. The lowest BCUT2D eigenvalue weighted by Crippen LogP contribution is -2.45. The van der Waals surface area contributed by atoms with Gasteiger partial charge in [0, 0.05) is 23.9 Å². The van der Waals surface area contributed by atoms with Crippen LogP contribution in [0.15, 0.2) is 18.3 Å². The fraction of sp³-hybridized carbons (Fsp3) is 0.706. The second kappa shape index (κ2) is 5.24. The second-order valence-electron chi connectivity index (χ2n) is 6.38. The van der Waals surface area contributed by atoms with Crippen LogP contribution in [0.2, 0.25) is 0 Å². The number of aryl methyl sites for hydroxylation is 1. The molecular weight excluding hydrogens is 232 g/mol. The third kappa shape index (κ3) is 2.10. The quantitative estimate of drug-likeness (QED) is 0.891. The number of nitrogens with one attached hydrogen (secondary N) is 1. The number of hydrogen-bond donors (Lipinski definition) is 1. The average molecular weight is 258 g/mol. The van der Waals surface area contributed by atoms with Crippen molar-refractivity contribution in [2.45, 2.75) is 63.8 Å². The molecule has 19 heavy (non-hydrogen) atoms. The molecular formula is C17H26N2. The van der Waals surface area contributed by atoms with Crippen molar-refractivity contribution in [3.63, 3.8) is 0 Å². The van der Waals surface area contributed by atoms with Crippen LogP contribution in [0.4, 0.5) is 0 Å². The van der Waals surface area contributed by atoms with Gasteiger partial charge < -0.3 is 5.32 Å². The minimum atomic E-state index is 0.512. The van der Waals surface area contributed by atoms with Crippen molar-refractivity contribution in [3.05, 3.63) is 29.6 Å². The fourth-order valence-electron chi connectivity index (χ4n) is 4.67. The van der Waals surface area contributed by atoms with E-state index in [1.807, 2.05) is 6.20 Å². The molecule has 2 nitrogen and oxygen atoms in total. The summed E-state index contributed by atoms with van der Waals surface area (Å²) in [4.78, 5) is 4.71.